The molecule has 17 heavy (non-hydrogen) atoms. The molecule has 1 saturated heterocycles. The summed E-state index contributed by atoms with van der Waals surface area (Å²) in [5, 5.41) is 0.356. The number of hydrogen-bond donors (Lipinski definition) is 0. The second kappa shape index (κ2) is 4.71. The van der Waals surface area contributed by atoms with Crippen LogP contribution in [0.2, 0.25) is 5.02 Å². The number of carbonyl (C=O) groups is 2. The third kappa shape index (κ3) is 2.24. The molecular weight excluding hydrogens is 244 g/mol. The Morgan fingerprint density at radius 1 is 1.41 bits per heavy atom. The minimum absolute atomic E-state index is 0.229. The first-order chi connectivity index (χ1) is 8.13. The molecule has 90 valence electrons. The number of imide groups is 1. The Bertz CT molecular complexity index is 460. The highest BCUT2D eigenvalue weighted by Crippen LogP contribution is 2.29. The van der Waals surface area contributed by atoms with E-state index in [0.29, 0.717) is 17.4 Å². The van der Waals surface area contributed by atoms with Gasteiger partial charge in [0.1, 0.15) is 16.6 Å². The number of anilines is 1. The normalized spacial score (nSPS) is 15.5. The maximum absolute atomic E-state index is 11.5. The van der Waals surface area contributed by atoms with E-state index in [1.54, 1.807) is 0 Å². The zero-order valence-electron chi connectivity index (χ0n) is 9.27. The van der Waals surface area contributed by atoms with Crippen LogP contribution in [0.25, 0.3) is 0 Å². The molecule has 0 bridgehead atoms. The van der Waals surface area contributed by atoms with Gasteiger partial charge in [-0.15, -0.1) is 0 Å². The predicted octanol–water partition coefficient (Wildman–Crippen LogP) is 1.79. The molecule has 1 aliphatic rings. The lowest BCUT2D eigenvalue weighted by Gasteiger charge is -2.14. The van der Waals surface area contributed by atoms with E-state index in [-0.39, 0.29) is 30.5 Å². The molecule has 2 rings (SSSR count). The second-order valence-electron chi connectivity index (χ2n) is 3.53. The Labute approximate surface area is 103 Å². The summed E-state index contributed by atoms with van der Waals surface area (Å²) in [5.41, 5.74) is 0. The van der Waals surface area contributed by atoms with Gasteiger partial charge in [0.15, 0.2) is 0 Å². The Hall–Kier alpha value is -1.62. The molecular formula is C11H11ClN2O3. The van der Waals surface area contributed by atoms with E-state index in [1.165, 1.54) is 12.3 Å². The van der Waals surface area contributed by atoms with E-state index >= 15 is 0 Å². The summed E-state index contributed by atoms with van der Waals surface area (Å²) in [4.78, 5) is 28.1. The predicted molar refractivity (Wildman–Crippen MR) is 62.1 cm³/mol. The highest BCUT2D eigenvalue weighted by atomic mass is 35.5. The number of carbonyl (C=O) groups excluding carboxylic acids is 2. The van der Waals surface area contributed by atoms with E-state index in [2.05, 4.69) is 4.98 Å². The van der Waals surface area contributed by atoms with Crippen molar-refractivity contribution in [1.29, 1.82) is 0 Å². The molecule has 5 nitrogen and oxygen atoms in total. The van der Waals surface area contributed by atoms with E-state index in [0.717, 1.165) is 4.90 Å². The van der Waals surface area contributed by atoms with Crippen LogP contribution in [-0.4, -0.2) is 23.4 Å². The van der Waals surface area contributed by atoms with Gasteiger partial charge in [-0.1, -0.05) is 11.6 Å². The number of rotatable bonds is 3. The first-order valence-corrected chi connectivity index (χ1v) is 5.65. The molecule has 2 amide bonds. The van der Waals surface area contributed by atoms with Crippen molar-refractivity contribution in [2.45, 2.75) is 19.8 Å². The van der Waals surface area contributed by atoms with Gasteiger partial charge in [-0.2, -0.15) is 0 Å². The average Bonchev–Trinajstić information content (AvgIpc) is 2.63. The second-order valence-corrected chi connectivity index (χ2v) is 3.94. The van der Waals surface area contributed by atoms with Crippen LogP contribution in [0.5, 0.6) is 5.75 Å². The van der Waals surface area contributed by atoms with Gasteiger partial charge in [-0.05, 0) is 6.92 Å². The van der Waals surface area contributed by atoms with Crippen molar-refractivity contribution >= 4 is 29.2 Å². The van der Waals surface area contributed by atoms with E-state index in [1.807, 2.05) is 6.92 Å². The minimum atomic E-state index is -0.243. The third-order valence-electron chi connectivity index (χ3n) is 2.39. The van der Waals surface area contributed by atoms with Crippen LogP contribution in [0.1, 0.15) is 19.8 Å². The molecule has 0 aliphatic carbocycles. The summed E-state index contributed by atoms with van der Waals surface area (Å²) < 4.78 is 5.29. The third-order valence-corrected chi connectivity index (χ3v) is 2.67. The van der Waals surface area contributed by atoms with Gasteiger partial charge in [0, 0.05) is 18.9 Å². The molecule has 0 saturated carbocycles. The van der Waals surface area contributed by atoms with Crippen LogP contribution >= 0.6 is 11.6 Å². The van der Waals surface area contributed by atoms with Crippen molar-refractivity contribution in [2.75, 3.05) is 11.5 Å². The largest absolute Gasteiger partial charge is 0.492 e. The van der Waals surface area contributed by atoms with Crippen molar-refractivity contribution in [2.24, 2.45) is 0 Å². The first kappa shape index (κ1) is 11.9. The lowest BCUT2D eigenvalue weighted by molar-refractivity contribution is -0.121. The first-order valence-electron chi connectivity index (χ1n) is 5.27. The van der Waals surface area contributed by atoms with Crippen LogP contribution in [-0.2, 0) is 9.59 Å². The maximum atomic E-state index is 11.5. The Balaban J connectivity index is 2.35. The average molecular weight is 255 g/mol. The quantitative estimate of drug-likeness (QED) is 0.772. The van der Waals surface area contributed by atoms with Crippen molar-refractivity contribution in [3.05, 3.63) is 17.3 Å². The van der Waals surface area contributed by atoms with E-state index < -0.39 is 0 Å². The van der Waals surface area contributed by atoms with Crippen molar-refractivity contribution in [1.82, 2.24) is 4.98 Å². The lowest BCUT2D eigenvalue weighted by atomic mass is 10.4. The molecule has 1 aromatic rings. The van der Waals surface area contributed by atoms with Crippen molar-refractivity contribution in [3.63, 3.8) is 0 Å². The number of halogens is 1. The van der Waals surface area contributed by atoms with Crippen molar-refractivity contribution in [3.8, 4) is 5.75 Å². The van der Waals surface area contributed by atoms with Gasteiger partial charge in [-0.3, -0.25) is 9.59 Å². The molecule has 0 radical (unpaired) electrons. The summed E-state index contributed by atoms with van der Waals surface area (Å²) >= 11 is 5.88. The van der Waals surface area contributed by atoms with E-state index in [4.69, 9.17) is 16.3 Å². The fourth-order valence-corrected chi connectivity index (χ4v) is 1.79. The standard InChI is InChI=1S/C11H11ClN2O3/c1-2-17-8-5-9(13-6-7(8)12)14-10(15)3-4-11(14)16/h5-6H,2-4H2,1H3. The molecule has 0 aromatic carbocycles. The number of nitrogens with zero attached hydrogens (tertiary/aromatic N) is 2. The summed E-state index contributed by atoms with van der Waals surface area (Å²) in [5.74, 6) is 0.205. The molecule has 0 spiro atoms. The smallest absolute Gasteiger partial charge is 0.235 e. The Morgan fingerprint density at radius 3 is 2.65 bits per heavy atom. The summed E-state index contributed by atoms with van der Waals surface area (Å²) in [7, 11) is 0. The van der Waals surface area contributed by atoms with E-state index in [9.17, 15) is 9.59 Å². The maximum Gasteiger partial charge on any atom is 0.235 e. The number of ether oxygens (including phenoxy) is 1. The topological polar surface area (TPSA) is 59.5 Å². The van der Waals surface area contributed by atoms with Gasteiger partial charge in [0.2, 0.25) is 11.8 Å². The summed E-state index contributed by atoms with van der Waals surface area (Å²) in [6.07, 6.45) is 1.83. The van der Waals surface area contributed by atoms with Crippen LogP contribution in [0.4, 0.5) is 5.82 Å². The van der Waals surface area contributed by atoms with Crippen LogP contribution in [0, 0.1) is 0 Å². The fraction of sp³-hybridized carbons (Fsp3) is 0.364. The number of amides is 2. The number of pyridine rings is 1. The van der Waals surface area contributed by atoms with Gasteiger partial charge in [0.05, 0.1) is 12.8 Å². The zero-order valence-corrected chi connectivity index (χ0v) is 10.0. The van der Waals surface area contributed by atoms with Crippen LogP contribution < -0.4 is 9.64 Å². The molecule has 0 N–H and O–H groups in total. The van der Waals surface area contributed by atoms with Gasteiger partial charge < -0.3 is 4.74 Å². The van der Waals surface area contributed by atoms with Crippen molar-refractivity contribution < 1.29 is 14.3 Å². The summed E-state index contributed by atoms with van der Waals surface area (Å²) in [6, 6.07) is 1.51. The van der Waals surface area contributed by atoms with Crippen LogP contribution in [0.15, 0.2) is 12.3 Å². The number of hydrogen-bond acceptors (Lipinski definition) is 4. The lowest BCUT2D eigenvalue weighted by Crippen LogP contribution is -2.29. The highest BCUT2D eigenvalue weighted by Gasteiger charge is 2.31. The van der Waals surface area contributed by atoms with Crippen LogP contribution in [0.3, 0.4) is 0 Å². The van der Waals surface area contributed by atoms with Gasteiger partial charge in [-0.25, -0.2) is 9.88 Å². The molecule has 2 heterocycles. The highest BCUT2D eigenvalue weighted by molar-refractivity contribution is 6.32. The molecule has 1 fully saturated rings. The van der Waals surface area contributed by atoms with Gasteiger partial charge in [0.25, 0.3) is 0 Å². The monoisotopic (exact) mass is 254 g/mol. The Kier molecular flexibility index (Phi) is 3.28. The zero-order chi connectivity index (χ0) is 12.4. The molecule has 6 heteroatoms. The Morgan fingerprint density at radius 2 is 2.06 bits per heavy atom. The molecule has 1 aromatic heterocycles. The minimum Gasteiger partial charge on any atom is -0.492 e. The molecule has 0 unspecified atom stereocenters. The molecule has 0 atom stereocenters. The molecule has 1 aliphatic heterocycles. The van der Waals surface area contributed by atoms with Gasteiger partial charge >= 0.3 is 0 Å². The fourth-order valence-electron chi connectivity index (χ4n) is 1.63. The SMILES string of the molecule is CCOc1cc(N2C(=O)CCC2=O)ncc1Cl. The summed E-state index contributed by atoms with van der Waals surface area (Å²) in [6.45, 7) is 2.27. The number of aromatic nitrogens is 1.